The van der Waals surface area contributed by atoms with Gasteiger partial charge in [-0.1, -0.05) is 53.9 Å². The standard InChI is InChI=1S/C17H30N2O2/c1-11(2)13-15(20)18-14(17(3,4)5)16(21)19(13)12-9-7-6-8-10-12/h11-14H,6-10H2,1-5H3,(H,18,20). The molecule has 0 radical (unpaired) electrons. The van der Waals surface area contributed by atoms with Gasteiger partial charge in [0.1, 0.15) is 12.1 Å². The average molecular weight is 294 g/mol. The number of nitrogens with zero attached hydrogens (tertiary/aromatic N) is 1. The van der Waals surface area contributed by atoms with Crippen LogP contribution in [0.25, 0.3) is 0 Å². The van der Waals surface area contributed by atoms with Gasteiger partial charge in [0.25, 0.3) is 0 Å². The Bertz CT molecular complexity index is 406. The molecule has 0 bridgehead atoms. The highest BCUT2D eigenvalue weighted by Crippen LogP contribution is 2.32. The van der Waals surface area contributed by atoms with Crippen LogP contribution in [0.3, 0.4) is 0 Å². The minimum absolute atomic E-state index is 0.0232. The van der Waals surface area contributed by atoms with Crippen LogP contribution in [0.1, 0.15) is 66.7 Å². The van der Waals surface area contributed by atoms with Crippen molar-refractivity contribution < 1.29 is 9.59 Å². The summed E-state index contributed by atoms with van der Waals surface area (Å²) < 4.78 is 0. The third-order valence-corrected chi connectivity index (χ3v) is 4.82. The van der Waals surface area contributed by atoms with Crippen molar-refractivity contribution in [3.8, 4) is 0 Å². The summed E-state index contributed by atoms with van der Waals surface area (Å²) in [5, 5.41) is 2.98. The molecule has 1 N–H and O–H groups in total. The fraction of sp³-hybridized carbons (Fsp3) is 0.882. The zero-order valence-electron chi connectivity index (χ0n) is 14.1. The maximum absolute atomic E-state index is 13.0. The van der Waals surface area contributed by atoms with Gasteiger partial charge in [-0.25, -0.2) is 0 Å². The van der Waals surface area contributed by atoms with E-state index in [4.69, 9.17) is 0 Å². The number of piperazine rings is 1. The van der Waals surface area contributed by atoms with Gasteiger partial charge in [0.15, 0.2) is 0 Å². The predicted octanol–water partition coefficient (Wildman–Crippen LogP) is 2.72. The van der Waals surface area contributed by atoms with Crippen molar-refractivity contribution in [3.63, 3.8) is 0 Å². The molecule has 2 amide bonds. The van der Waals surface area contributed by atoms with Gasteiger partial charge < -0.3 is 10.2 Å². The van der Waals surface area contributed by atoms with Gasteiger partial charge >= 0.3 is 0 Å². The van der Waals surface area contributed by atoms with Gasteiger partial charge in [0, 0.05) is 6.04 Å². The molecule has 0 spiro atoms. The molecule has 120 valence electrons. The molecule has 0 aromatic rings. The quantitative estimate of drug-likeness (QED) is 0.851. The largest absolute Gasteiger partial charge is 0.342 e. The summed E-state index contributed by atoms with van der Waals surface area (Å²) in [5.74, 6) is 0.291. The van der Waals surface area contributed by atoms with E-state index in [-0.39, 0.29) is 35.2 Å². The van der Waals surface area contributed by atoms with Crippen molar-refractivity contribution in [3.05, 3.63) is 0 Å². The van der Waals surface area contributed by atoms with Crippen LogP contribution < -0.4 is 5.32 Å². The fourth-order valence-corrected chi connectivity index (χ4v) is 3.68. The second kappa shape index (κ2) is 5.98. The Labute approximate surface area is 128 Å². The first-order valence-corrected chi connectivity index (χ1v) is 8.36. The minimum atomic E-state index is -0.401. The molecular weight excluding hydrogens is 264 g/mol. The SMILES string of the molecule is CC(C)C1C(=O)NC(C(C)(C)C)C(=O)N1C1CCCCC1. The van der Waals surface area contributed by atoms with E-state index in [0.717, 1.165) is 12.8 Å². The molecule has 4 heteroatoms. The number of hydrogen-bond acceptors (Lipinski definition) is 2. The van der Waals surface area contributed by atoms with Gasteiger partial charge in [-0.05, 0) is 24.2 Å². The highest BCUT2D eigenvalue weighted by Gasteiger charge is 2.48. The first-order chi connectivity index (χ1) is 9.73. The van der Waals surface area contributed by atoms with Crippen molar-refractivity contribution in [2.24, 2.45) is 11.3 Å². The molecule has 1 heterocycles. The van der Waals surface area contributed by atoms with E-state index < -0.39 is 6.04 Å². The second-order valence-corrected chi connectivity index (χ2v) is 8.03. The maximum Gasteiger partial charge on any atom is 0.246 e. The van der Waals surface area contributed by atoms with E-state index in [1.54, 1.807) is 0 Å². The molecule has 1 aliphatic heterocycles. The molecule has 0 aromatic heterocycles. The van der Waals surface area contributed by atoms with Crippen LogP contribution in [-0.4, -0.2) is 34.8 Å². The first kappa shape index (κ1) is 16.3. The van der Waals surface area contributed by atoms with Crippen molar-refractivity contribution in [1.29, 1.82) is 0 Å². The Balaban J connectivity index is 2.32. The van der Waals surface area contributed by atoms with Gasteiger partial charge in [-0.15, -0.1) is 0 Å². The van der Waals surface area contributed by atoms with Gasteiger partial charge in [0.05, 0.1) is 0 Å². The van der Waals surface area contributed by atoms with E-state index in [1.807, 2.05) is 39.5 Å². The summed E-state index contributed by atoms with van der Waals surface area (Å²) in [6.45, 7) is 10.1. The Morgan fingerprint density at radius 1 is 1.10 bits per heavy atom. The normalized spacial score (nSPS) is 29.0. The van der Waals surface area contributed by atoms with Crippen LogP contribution in [0.2, 0.25) is 0 Å². The van der Waals surface area contributed by atoms with Crippen molar-refractivity contribution in [2.75, 3.05) is 0 Å². The van der Waals surface area contributed by atoms with Gasteiger partial charge in [-0.3, -0.25) is 9.59 Å². The monoisotopic (exact) mass is 294 g/mol. The highest BCUT2D eigenvalue weighted by molar-refractivity contribution is 5.97. The molecule has 1 saturated carbocycles. The molecule has 1 saturated heterocycles. The molecule has 2 aliphatic rings. The minimum Gasteiger partial charge on any atom is -0.342 e. The Kier molecular flexibility index (Phi) is 4.64. The first-order valence-electron chi connectivity index (χ1n) is 8.36. The Morgan fingerprint density at radius 2 is 1.67 bits per heavy atom. The van der Waals surface area contributed by atoms with Gasteiger partial charge in [0.2, 0.25) is 11.8 Å². The lowest BCUT2D eigenvalue weighted by molar-refractivity contribution is -0.158. The number of hydrogen-bond donors (Lipinski definition) is 1. The van der Waals surface area contributed by atoms with Crippen LogP contribution in [0.4, 0.5) is 0 Å². The number of amides is 2. The summed E-state index contributed by atoms with van der Waals surface area (Å²) >= 11 is 0. The molecule has 2 unspecified atom stereocenters. The van der Waals surface area contributed by atoms with E-state index in [9.17, 15) is 9.59 Å². The average Bonchev–Trinajstić information content (AvgIpc) is 2.39. The van der Waals surface area contributed by atoms with Crippen LogP contribution >= 0.6 is 0 Å². The summed E-state index contributed by atoms with van der Waals surface area (Å²) in [4.78, 5) is 27.6. The molecular formula is C17H30N2O2. The predicted molar refractivity (Wildman–Crippen MR) is 83.7 cm³/mol. The van der Waals surface area contributed by atoms with Crippen LogP contribution in [0.5, 0.6) is 0 Å². The third kappa shape index (κ3) is 3.24. The number of carbonyl (C=O) groups excluding carboxylic acids is 2. The summed E-state index contributed by atoms with van der Waals surface area (Å²) in [7, 11) is 0. The van der Waals surface area contributed by atoms with E-state index in [2.05, 4.69) is 5.32 Å². The van der Waals surface area contributed by atoms with Crippen molar-refractivity contribution in [1.82, 2.24) is 10.2 Å². The zero-order valence-corrected chi connectivity index (χ0v) is 14.1. The second-order valence-electron chi connectivity index (χ2n) is 8.03. The lowest BCUT2D eigenvalue weighted by Gasteiger charge is -2.48. The molecule has 21 heavy (non-hydrogen) atoms. The van der Waals surface area contributed by atoms with E-state index in [1.165, 1.54) is 19.3 Å². The fourth-order valence-electron chi connectivity index (χ4n) is 3.68. The molecule has 4 nitrogen and oxygen atoms in total. The Hall–Kier alpha value is -1.06. The van der Waals surface area contributed by atoms with Crippen LogP contribution in [-0.2, 0) is 9.59 Å². The summed E-state index contributed by atoms with van der Waals surface area (Å²) in [5.41, 5.74) is -0.248. The molecule has 2 fully saturated rings. The maximum atomic E-state index is 13.0. The number of rotatable bonds is 2. The lowest BCUT2D eigenvalue weighted by atomic mass is 9.81. The van der Waals surface area contributed by atoms with Gasteiger partial charge in [-0.2, -0.15) is 0 Å². The zero-order chi connectivity index (χ0) is 15.8. The van der Waals surface area contributed by atoms with E-state index in [0.29, 0.717) is 0 Å². The molecule has 1 aliphatic carbocycles. The van der Waals surface area contributed by atoms with E-state index >= 15 is 0 Å². The molecule has 2 atom stereocenters. The smallest absolute Gasteiger partial charge is 0.246 e. The third-order valence-electron chi connectivity index (χ3n) is 4.82. The van der Waals surface area contributed by atoms with Crippen molar-refractivity contribution >= 4 is 11.8 Å². The summed E-state index contributed by atoms with van der Waals surface area (Å²) in [6.07, 6.45) is 5.67. The number of carbonyl (C=O) groups is 2. The van der Waals surface area contributed by atoms with Crippen LogP contribution in [0.15, 0.2) is 0 Å². The topological polar surface area (TPSA) is 49.4 Å². The Morgan fingerprint density at radius 3 is 2.14 bits per heavy atom. The summed E-state index contributed by atoms with van der Waals surface area (Å²) in [6, 6.07) is -0.462. The molecule has 0 aromatic carbocycles. The van der Waals surface area contributed by atoms with Crippen LogP contribution in [0, 0.1) is 11.3 Å². The lowest BCUT2D eigenvalue weighted by Crippen LogP contribution is -2.69. The van der Waals surface area contributed by atoms with Crippen molar-refractivity contribution in [2.45, 2.75) is 84.8 Å². The molecule has 2 rings (SSSR count). The number of nitrogens with one attached hydrogen (secondary N) is 1. The highest BCUT2D eigenvalue weighted by atomic mass is 16.2.